The summed E-state index contributed by atoms with van der Waals surface area (Å²) in [5.41, 5.74) is 2.14. The maximum absolute atomic E-state index is 13.7. The lowest BCUT2D eigenvalue weighted by molar-refractivity contribution is -0.140. The Morgan fingerprint density at radius 2 is 1.57 bits per heavy atom. The van der Waals surface area contributed by atoms with Crippen molar-refractivity contribution < 1.29 is 22.7 Å². The van der Waals surface area contributed by atoms with Crippen LogP contribution in [-0.4, -0.2) is 57.1 Å². The molecule has 204 valence electrons. The van der Waals surface area contributed by atoms with Crippen molar-refractivity contribution in [2.75, 3.05) is 24.2 Å². The fourth-order valence-electron chi connectivity index (χ4n) is 3.97. The van der Waals surface area contributed by atoms with Gasteiger partial charge in [-0.2, -0.15) is 0 Å². The number of carbonyl (C=O) groups is 2. The van der Waals surface area contributed by atoms with Gasteiger partial charge in [-0.05, 0) is 61.1 Å². The first-order chi connectivity index (χ1) is 17.2. The standard InChI is InChI=1S/C28H41N3O5S/c1-9-25(27(33)29-20(2)3)30(18-21-10-16-24(36-7)17-11-21)26(32)19-31(37(8,34)35)23-14-12-22(13-15-23)28(4,5)6/h10-17,20,25H,9,18-19H2,1-8H3,(H,29,33)/t25-/m0/s1. The highest BCUT2D eigenvalue weighted by Gasteiger charge is 2.32. The number of ether oxygens (including phenoxy) is 1. The highest BCUT2D eigenvalue weighted by atomic mass is 32.2. The van der Waals surface area contributed by atoms with E-state index < -0.39 is 28.5 Å². The number of anilines is 1. The molecule has 0 bridgehead atoms. The number of rotatable bonds is 11. The van der Waals surface area contributed by atoms with Crippen LogP contribution in [0.4, 0.5) is 5.69 Å². The molecular formula is C28H41N3O5S. The Bertz CT molecular complexity index is 1150. The number of sulfonamides is 1. The molecule has 2 rings (SSSR count). The van der Waals surface area contributed by atoms with Gasteiger partial charge in [-0.15, -0.1) is 0 Å². The Balaban J connectivity index is 2.44. The van der Waals surface area contributed by atoms with E-state index in [1.165, 1.54) is 4.90 Å². The van der Waals surface area contributed by atoms with E-state index in [4.69, 9.17) is 4.74 Å². The quantitative estimate of drug-likeness (QED) is 0.471. The molecule has 0 unspecified atom stereocenters. The average Bonchev–Trinajstić information content (AvgIpc) is 2.81. The molecule has 0 heterocycles. The molecule has 0 saturated heterocycles. The molecule has 0 spiro atoms. The van der Waals surface area contributed by atoms with E-state index in [1.807, 2.05) is 45.0 Å². The predicted molar refractivity (Wildman–Crippen MR) is 148 cm³/mol. The van der Waals surface area contributed by atoms with Crippen LogP contribution < -0.4 is 14.4 Å². The van der Waals surface area contributed by atoms with Crippen LogP contribution in [0, 0.1) is 0 Å². The molecule has 0 aliphatic heterocycles. The Morgan fingerprint density at radius 3 is 2.00 bits per heavy atom. The summed E-state index contributed by atoms with van der Waals surface area (Å²) in [6.45, 7) is 11.5. The molecule has 2 aromatic rings. The SMILES string of the molecule is CC[C@@H](C(=O)NC(C)C)N(Cc1ccc(OC)cc1)C(=O)CN(c1ccc(C(C)(C)C)cc1)S(C)(=O)=O. The van der Waals surface area contributed by atoms with E-state index in [2.05, 4.69) is 26.1 Å². The lowest BCUT2D eigenvalue weighted by Crippen LogP contribution is -2.53. The zero-order valence-electron chi connectivity index (χ0n) is 23.2. The third-order valence-electron chi connectivity index (χ3n) is 6.03. The van der Waals surface area contributed by atoms with E-state index in [1.54, 1.807) is 31.4 Å². The van der Waals surface area contributed by atoms with Crippen LogP contribution in [0.25, 0.3) is 0 Å². The first-order valence-electron chi connectivity index (χ1n) is 12.5. The number of amides is 2. The Morgan fingerprint density at radius 1 is 1.00 bits per heavy atom. The number of hydrogen-bond acceptors (Lipinski definition) is 5. The average molecular weight is 532 g/mol. The van der Waals surface area contributed by atoms with Gasteiger partial charge in [-0.3, -0.25) is 13.9 Å². The third kappa shape index (κ3) is 8.49. The molecule has 1 N–H and O–H groups in total. The molecule has 0 aliphatic rings. The van der Waals surface area contributed by atoms with Gasteiger partial charge in [0.05, 0.1) is 19.1 Å². The molecule has 2 amide bonds. The maximum atomic E-state index is 13.7. The van der Waals surface area contributed by atoms with Gasteiger partial charge >= 0.3 is 0 Å². The van der Waals surface area contributed by atoms with Gasteiger partial charge in [0.2, 0.25) is 21.8 Å². The van der Waals surface area contributed by atoms with Gasteiger partial charge in [-0.25, -0.2) is 8.42 Å². The van der Waals surface area contributed by atoms with Gasteiger partial charge in [0.1, 0.15) is 18.3 Å². The molecule has 0 aliphatic carbocycles. The van der Waals surface area contributed by atoms with E-state index in [0.29, 0.717) is 17.9 Å². The molecular weight excluding hydrogens is 490 g/mol. The van der Waals surface area contributed by atoms with Crippen LogP contribution in [0.5, 0.6) is 5.75 Å². The highest BCUT2D eigenvalue weighted by Crippen LogP contribution is 2.26. The Kier molecular flexibility index (Phi) is 10.1. The molecule has 9 heteroatoms. The van der Waals surface area contributed by atoms with Crippen LogP contribution in [-0.2, 0) is 31.6 Å². The zero-order valence-corrected chi connectivity index (χ0v) is 24.1. The number of carbonyl (C=O) groups excluding carboxylic acids is 2. The molecule has 8 nitrogen and oxygen atoms in total. The number of nitrogens with zero attached hydrogens (tertiary/aromatic N) is 2. The second-order valence-corrected chi connectivity index (χ2v) is 12.4. The normalized spacial score (nSPS) is 12.7. The number of nitrogens with one attached hydrogen (secondary N) is 1. The van der Waals surface area contributed by atoms with Crippen LogP contribution >= 0.6 is 0 Å². The highest BCUT2D eigenvalue weighted by molar-refractivity contribution is 7.92. The van der Waals surface area contributed by atoms with Crippen molar-refractivity contribution in [1.82, 2.24) is 10.2 Å². The lowest BCUT2D eigenvalue weighted by atomic mass is 9.87. The largest absolute Gasteiger partial charge is 0.497 e. The van der Waals surface area contributed by atoms with Crippen molar-refractivity contribution in [2.45, 2.75) is 72.0 Å². The fourth-order valence-corrected chi connectivity index (χ4v) is 4.82. The van der Waals surface area contributed by atoms with Crippen molar-refractivity contribution in [1.29, 1.82) is 0 Å². The van der Waals surface area contributed by atoms with Crippen LogP contribution in [0.2, 0.25) is 0 Å². The van der Waals surface area contributed by atoms with Crippen molar-refractivity contribution in [3.8, 4) is 5.75 Å². The summed E-state index contributed by atoms with van der Waals surface area (Å²) >= 11 is 0. The number of benzene rings is 2. The van der Waals surface area contributed by atoms with E-state index in [0.717, 1.165) is 21.7 Å². The summed E-state index contributed by atoms with van der Waals surface area (Å²) in [5, 5.41) is 2.88. The van der Waals surface area contributed by atoms with Crippen LogP contribution in [0.3, 0.4) is 0 Å². The monoisotopic (exact) mass is 531 g/mol. The minimum Gasteiger partial charge on any atom is -0.497 e. The van der Waals surface area contributed by atoms with Crippen LogP contribution in [0.15, 0.2) is 48.5 Å². The van der Waals surface area contributed by atoms with Crippen LogP contribution in [0.1, 0.15) is 59.1 Å². The number of hydrogen-bond donors (Lipinski definition) is 1. The summed E-state index contributed by atoms with van der Waals surface area (Å²) in [7, 11) is -2.21. The molecule has 0 radical (unpaired) electrons. The molecule has 0 aromatic heterocycles. The lowest BCUT2D eigenvalue weighted by Gasteiger charge is -2.33. The summed E-state index contributed by atoms with van der Waals surface area (Å²) < 4.78 is 31.9. The zero-order chi connectivity index (χ0) is 28.0. The molecule has 37 heavy (non-hydrogen) atoms. The van der Waals surface area contributed by atoms with Crippen molar-refractivity contribution >= 4 is 27.5 Å². The Labute approximate surface area is 222 Å². The first kappa shape index (κ1) is 30.2. The molecule has 1 atom stereocenters. The van der Waals surface area contributed by atoms with E-state index >= 15 is 0 Å². The van der Waals surface area contributed by atoms with Gasteiger partial charge in [-0.1, -0.05) is 52.0 Å². The topological polar surface area (TPSA) is 96.0 Å². The van der Waals surface area contributed by atoms with Crippen molar-refractivity contribution in [3.63, 3.8) is 0 Å². The third-order valence-corrected chi connectivity index (χ3v) is 7.17. The molecule has 0 saturated carbocycles. The second-order valence-electron chi connectivity index (χ2n) is 10.5. The van der Waals surface area contributed by atoms with Gasteiger partial charge in [0, 0.05) is 12.6 Å². The van der Waals surface area contributed by atoms with Crippen molar-refractivity contribution in [3.05, 3.63) is 59.7 Å². The Hall–Kier alpha value is -3.07. The summed E-state index contributed by atoms with van der Waals surface area (Å²) in [6.07, 6.45) is 1.45. The van der Waals surface area contributed by atoms with Gasteiger partial charge < -0.3 is 15.0 Å². The fraction of sp³-hybridized carbons (Fsp3) is 0.500. The minimum absolute atomic E-state index is 0.0996. The number of methoxy groups -OCH3 is 1. The predicted octanol–water partition coefficient (Wildman–Crippen LogP) is 4.09. The second kappa shape index (κ2) is 12.4. The van der Waals surface area contributed by atoms with Gasteiger partial charge in [0.15, 0.2) is 0 Å². The maximum Gasteiger partial charge on any atom is 0.244 e. The van der Waals surface area contributed by atoms with Gasteiger partial charge in [0.25, 0.3) is 0 Å². The first-order valence-corrected chi connectivity index (χ1v) is 14.3. The molecule has 0 fully saturated rings. The van der Waals surface area contributed by atoms with E-state index in [9.17, 15) is 18.0 Å². The smallest absolute Gasteiger partial charge is 0.244 e. The summed E-state index contributed by atoms with van der Waals surface area (Å²) in [6, 6.07) is 13.5. The summed E-state index contributed by atoms with van der Waals surface area (Å²) in [4.78, 5) is 28.2. The molecule has 2 aromatic carbocycles. The summed E-state index contributed by atoms with van der Waals surface area (Å²) in [5.74, 6) is -0.0696. The minimum atomic E-state index is -3.78. The van der Waals surface area contributed by atoms with Crippen molar-refractivity contribution in [2.24, 2.45) is 0 Å². The van der Waals surface area contributed by atoms with E-state index in [-0.39, 0.29) is 23.9 Å².